The van der Waals surface area contributed by atoms with Gasteiger partial charge in [-0.25, -0.2) is 0 Å². The summed E-state index contributed by atoms with van der Waals surface area (Å²) < 4.78 is 2.35. The van der Waals surface area contributed by atoms with E-state index in [-0.39, 0.29) is 0 Å². The predicted molar refractivity (Wildman–Crippen MR) is 69.7 cm³/mol. The lowest BCUT2D eigenvalue weighted by molar-refractivity contribution is 0.769. The third-order valence-corrected chi connectivity index (χ3v) is 3.16. The molecular weight excluding hydrogens is 196 g/mol. The van der Waals surface area contributed by atoms with Gasteiger partial charge < -0.3 is 10.3 Å². The first-order valence-corrected chi connectivity index (χ1v) is 6.05. The fourth-order valence-corrected chi connectivity index (χ4v) is 2.34. The first-order chi connectivity index (χ1) is 7.76. The van der Waals surface area contributed by atoms with Crippen LogP contribution in [-0.2, 0) is 13.0 Å². The molecule has 0 saturated heterocycles. The van der Waals surface area contributed by atoms with Crippen LogP contribution in [0.25, 0.3) is 10.9 Å². The Kier molecular flexibility index (Phi) is 3.30. The van der Waals surface area contributed by atoms with E-state index in [0.29, 0.717) is 0 Å². The number of fused-ring (bicyclic) bond motifs is 1. The van der Waals surface area contributed by atoms with E-state index < -0.39 is 0 Å². The van der Waals surface area contributed by atoms with Crippen LogP contribution in [0.5, 0.6) is 0 Å². The van der Waals surface area contributed by atoms with Gasteiger partial charge in [-0.2, -0.15) is 0 Å². The van der Waals surface area contributed by atoms with Crippen molar-refractivity contribution in [3.63, 3.8) is 0 Å². The molecule has 0 aliphatic rings. The Morgan fingerprint density at radius 2 is 2.06 bits per heavy atom. The number of rotatable bonds is 4. The second kappa shape index (κ2) is 4.71. The number of nitrogens with two attached hydrogens (primary N) is 1. The zero-order valence-corrected chi connectivity index (χ0v) is 10.2. The van der Waals surface area contributed by atoms with Crippen molar-refractivity contribution in [1.29, 1.82) is 0 Å². The lowest BCUT2D eigenvalue weighted by Gasteiger charge is -2.04. The highest BCUT2D eigenvalue weighted by Gasteiger charge is 2.04. The molecule has 0 aliphatic carbocycles. The van der Waals surface area contributed by atoms with Gasteiger partial charge in [0.05, 0.1) is 0 Å². The second-order valence-corrected chi connectivity index (χ2v) is 4.32. The molecule has 0 bridgehead atoms. The number of aromatic nitrogens is 1. The molecule has 1 aromatic carbocycles. The Balaban J connectivity index is 2.39. The van der Waals surface area contributed by atoms with Crippen LogP contribution in [0.1, 0.15) is 24.6 Å². The van der Waals surface area contributed by atoms with Gasteiger partial charge in [0, 0.05) is 23.1 Å². The van der Waals surface area contributed by atoms with Crippen LogP contribution < -0.4 is 5.73 Å². The van der Waals surface area contributed by atoms with Gasteiger partial charge in [0.2, 0.25) is 0 Å². The van der Waals surface area contributed by atoms with Gasteiger partial charge >= 0.3 is 0 Å². The normalized spacial score (nSPS) is 11.2. The van der Waals surface area contributed by atoms with E-state index in [1.165, 1.54) is 22.2 Å². The van der Waals surface area contributed by atoms with Gasteiger partial charge in [-0.3, -0.25) is 0 Å². The quantitative estimate of drug-likeness (QED) is 0.837. The minimum Gasteiger partial charge on any atom is -0.345 e. The molecule has 2 nitrogen and oxygen atoms in total. The van der Waals surface area contributed by atoms with Crippen molar-refractivity contribution in [2.45, 2.75) is 33.2 Å². The van der Waals surface area contributed by atoms with Crippen molar-refractivity contribution >= 4 is 10.9 Å². The second-order valence-electron chi connectivity index (χ2n) is 4.32. The molecule has 2 aromatic rings. The topological polar surface area (TPSA) is 30.9 Å². The van der Waals surface area contributed by atoms with Crippen molar-refractivity contribution in [1.82, 2.24) is 4.57 Å². The molecule has 0 atom stereocenters. The standard InChI is InChI=1S/C14H20N2/c1-3-16-11(2)9-13-10-12(5-4-8-15)6-7-14(13)16/h6-7,9-10H,3-5,8,15H2,1-2H3. The Labute approximate surface area is 97.1 Å². The summed E-state index contributed by atoms with van der Waals surface area (Å²) in [5, 5.41) is 1.36. The van der Waals surface area contributed by atoms with E-state index >= 15 is 0 Å². The van der Waals surface area contributed by atoms with Crippen LogP contribution in [0.2, 0.25) is 0 Å². The van der Waals surface area contributed by atoms with E-state index in [9.17, 15) is 0 Å². The third-order valence-electron chi connectivity index (χ3n) is 3.16. The smallest absolute Gasteiger partial charge is 0.0482 e. The molecular formula is C14H20N2. The maximum absolute atomic E-state index is 5.53. The van der Waals surface area contributed by atoms with E-state index in [1.807, 2.05) is 0 Å². The average Bonchev–Trinajstić information content (AvgIpc) is 2.60. The van der Waals surface area contributed by atoms with E-state index in [0.717, 1.165) is 25.9 Å². The van der Waals surface area contributed by atoms with Gasteiger partial charge in [0.25, 0.3) is 0 Å². The van der Waals surface area contributed by atoms with Crippen molar-refractivity contribution < 1.29 is 0 Å². The van der Waals surface area contributed by atoms with Crippen LogP contribution in [0.3, 0.4) is 0 Å². The number of hydrogen-bond acceptors (Lipinski definition) is 1. The SMILES string of the molecule is CCn1c(C)cc2cc(CCCN)ccc21. The Morgan fingerprint density at radius 3 is 2.75 bits per heavy atom. The number of nitrogens with zero attached hydrogens (tertiary/aromatic N) is 1. The summed E-state index contributed by atoms with van der Waals surface area (Å²) in [6, 6.07) is 9.02. The van der Waals surface area contributed by atoms with Crippen LogP contribution >= 0.6 is 0 Å². The predicted octanol–water partition coefficient (Wildman–Crippen LogP) is 2.86. The number of benzene rings is 1. The molecule has 16 heavy (non-hydrogen) atoms. The van der Waals surface area contributed by atoms with E-state index in [1.54, 1.807) is 0 Å². The van der Waals surface area contributed by atoms with Gasteiger partial charge in [-0.05, 0) is 57.0 Å². The highest BCUT2D eigenvalue weighted by atomic mass is 15.0. The minimum atomic E-state index is 0.771. The maximum Gasteiger partial charge on any atom is 0.0482 e. The first kappa shape index (κ1) is 11.2. The molecule has 2 rings (SSSR count). The van der Waals surface area contributed by atoms with Crippen molar-refractivity contribution in [2.75, 3.05) is 6.54 Å². The maximum atomic E-state index is 5.53. The summed E-state index contributed by atoms with van der Waals surface area (Å²) in [5.41, 5.74) is 9.61. The van der Waals surface area contributed by atoms with E-state index in [2.05, 4.69) is 42.7 Å². The van der Waals surface area contributed by atoms with Crippen LogP contribution in [-0.4, -0.2) is 11.1 Å². The number of hydrogen-bond donors (Lipinski definition) is 1. The Hall–Kier alpha value is -1.28. The van der Waals surface area contributed by atoms with Crippen molar-refractivity contribution in [3.8, 4) is 0 Å². The molecule has 2 heteroatoms. The summed E-state index contributed by atoms with van der Waals surface area (Å²) >= 11 is 0. The van der Waals surface area contributed by atoms with Crippen LogP contribution in [0.15, 0.2) is 24.3 Å². The Bertz CT molecular complexity index is 483. The first-order valence-electron chi connectivity index (χ1n) is 6.05. The fourth-order valence-electron chi connectivity index (χ4n) is 2.34. The molecule has 0 spiro atoms. The largest absolute Gasteiger partial charge is 0.345 e. The summed E-state index contributed by atoms with van der Waals surface area (Å²) in [5.74, 6) is 0. The van der Waals surface area contributed by atoms with Gasteiger partial charge in [-0.15, -0.1) is 0 Å². The zero-order valence-electron chi connectivity index (χ0n) is 10.2. The summed E-state index contributed by atoms with van der Waals surface area (Å²) in [6.07, 6.45) is 2.15. The van der Waals surface area contributed by atoms with Gasteiger partial charge in [-0.1, -0.05) is 6.07 Å². The molecule has 0 saturated carbocycles. The third kappa shape index (κ3) is 1.98. The Morgan fingerprint density at radius 1 is 1.25 bits per heavy atom. The molecule has 0 aliphatic heterocycles. The zero-order chi connectivity index (χ0) is 11.5. The lowest BCUT2D eigenvalue weighted by atomic mass is 10.1. The molecule has 0 unspecified atom stereocenters. The van der Waals surface area contributed by atoms with Crippen LogP contribution in [0.4, 0.5) is 0 Å². The summed E-state index contributed by atoms with van der Waals surface area (Å²) in [4.78, 5) is 0. The molecule has 1 heterocycles. The molecule has 0 radical (unpaired) electrons. The van der Waals surface area contributed by atoms with E-state index in [4.69, 9.17) is 5.73 Å². The summed E-state index contributed by atoms with van der Waals surface area (Å²) in [6.45, 7) is 6.17. The van der Waals surface area contributed by atoms with Gasteiger partial charge in [0.15, 0.2) is 0 Å². The highest BCUT2D eigenvalue weighted by molar-refractivity contribution is 5.82. The molecule has 0 amide bonds. The van der Waals surface area contributed by atoms with Crippen LogP contribution in [0, 0.1) is 6.92 Å². The molecule has 2 N–H and O–H groups in total. The molecule has 86 valence electrons. The van der Waals surface area contributed by atoms with Gasteiger partial charge in [0.1, 0.15) is 0 Å². The molecule has 0 fully saturated rings. The molecule has 1 aromatic heterocycles. The average molecular weight is 216 g/mol. The van der Waals surface area contributed by atoms with Crippen molar-refractivity contribution in [3.05, 3.63) is 35.5 Å². The summed E-state index contributed by atoms with van der Waals surface area (Å²) in [7, 11) is 0. The fraction of sp³-hybridized carbons (Fsp3) is 0.429. The highest BCUT2D eigenvalue weighted by Crippen LogP contribution is 2.21. The number of aryl methyl sites for hydroxylation is 3. The van der Waals surface area contributed by atoms with Crippen molar-refractivity contribution in [2.24, 2.45) is 5.73 Å². The minimum absolute atomic E-state index is 0.771. The monoisotopic (exact) mass is 216 g/mol. The lowest BCUT2D eigenvalue weighted by Crippen LogP contribution is -2.00.